The molecule has 0 aliphatic rings. The van der Waals surface area contributed by atoms with Crippen LogP contribution in [0.15, 0.2) is 48.7 Å². The molecular weight excluding hydrogens is 494 g/mol. The van der Waals surface area contributed by atoms with E-state index in [1.54, 1.807) is 18.2 Å². The summed E-state index contributed by atoms with van der Waals surface area (Å²) < 4.78 is 7.48. The lowest BCUT2D eigenvalue weighted by Crippen LogP contribution is -2.37. The summed E-state index contributed by atoms with van der Waals surface area (Å²) in [5, 5.41) is 15.5. The van der Waals surface area contributed by atoms with E-state index in [1.807, 2.05) is 62.8 Å². The van der Waals surface area contributed by atoms with Gasteiger partial charge in [0.05, 0.1) is 22.9 Å². The van der Waals surface area contributed by atoms with Crippen LogP contribution in [0.3, 0.4) is 0 Å². The van der Waals surface area contributed by atoms with E-state index in [9.17, 15) is 14.7 Å². The predicted octanol–water partition coefficient (Wildman–Crippen LogP) is 3.98. The van der Waals surface area contributed by atoms with Crippen molar-refractivity contribution in [3.63, 3.8) is 0 Å². The van der Waals surface area contributed by atoms with Crippen LogP contribution in [0.25, 0.3) is 11.3 Å². The lowest BCUT2D eigenvalue weighted by molar-refractivity contribution is 0.0930. The van der Waals surface area contributed by atoms with E-state index in [4.69, 9.17) is 22.1 Å². The van der Waals surface area contributed by atoms with Crippen molar-refractivity contribution in [1.82, 2.24) is 20.2 Å². The van der Waals surface area contributed by atoms with E-state index in [0.717, 1.165) is 16.8 Å². The molecule has 3 aromatic rings. The van der Waals surface area contributed by atoms with Crippen LogP contribution >= 0.6 is 11.6 Å². The Labute approximate surface area is 222 Å². The normalized spacial score (nSPS) is 12.7. The Hall–Kier alpha value is -3.56. The maximum absolute atomic E-state index is 12.9. The van der Waals surface area contributed by atoms with Gasteiger partial charge in [-0.3, -0.25) is 4.79 Å². The number of rotatable bonds is 11. The van der Waals surface area contributed by atoms with Gasteiger partial charge in [0.25, 0.3) is 5.91 Å². The van der Waals surface area contributed by atoms with Gasteiger partial charge in [-0.2, -0.15) is 0 Å². The Bertz CT molecular complexity index is 1230. The molecule has 0 spiro atoms. The lowest BCUT2D eigenvalue weighted by Gasteiger charge is -2.19. The summed E-state index contributed by atoms with van der Waals surface area (Å²) in [7, 11) is 1.86. The SMILES string of the molecule is CC(C)Oc1ccc(C(=O)NC(CCO)Cc2ccc(-c3cn(C)c(C(C)NC(N)=O)n3)cc2)cc1Cl. The number of carbonyl (C=O) groups excluding carboxylic acids is 2. The summed E-state index contributed by atoms with van der Waals surface area (Å²) in [5.41, 5.74) is 8.33. The molecule has 0 aliphatic carbocycles. The molecule has 5 N–H and O–H groups in total. The number of halogens is 1. The molecule has 0 aliphatic heterocycles. The molecule has 2 unspecified atom stereocenters. The number of nitrogens with one attached hydrogen (secondary N) is 2. The number of aliphatic hydroxyl groups excluding tert-OH is 1. The van der Waals surface area contributed by atoms with Gasteiger partial charge in [0.15, 0.2) is 0 Å². The van der Waals surface area contributed by atoms with E-state index in [2.05, 4.69) is 15.6 Å². The number of hydrogen-bond donors (Lipinski definition) is 4. The first-order chi connectivity index (χ1) is 17.6. The third-order valence-electron chi connectivity index (χ3n) is 5.76. The second-order valence-corrected chi connectivity index (χ2v) is 9.63. The van der Waals surface area contributed by atoms with E-state index in [0.29, 0.717) is 35.0 Å². The van der Waals surface area contributed by atoms with Crippen LogP contribution in [0.1, 0.15) is 55.0 Å². The molecule has 0 saturated heterocycles. The lowest BCUT2D eigenvalue weighted by atomic mass is 10.0. The second-order valence-electron chi connectivity index (χ2n) is 9.22. The minimum atomic E-state index is -0.605. The molecule has 0 saturated carbocycles. The fraction of sp³-hybridized carbons (Fsp3) is 0.370. The summed E-state index contributed by atoms with van der Waals surface area (Å²) in [6.45, 7) is 5.57. The fourth-order valence-corrected chi connectivity index (χ4v) is 4.26. The summed E-state index contributed by atoms with van der Waals surface area (Å²) in [6, 6.07) is 11.6. The summed E-state index contributed by atoms with van der Waals surface area (Å²) in [4.78, 5) is 28.7. The van der Waals surface area contributed by atoms with Gasteiger partial charge in [0.2, 0.25) is 0 Å². The zero-order valence-electron chi connectivity index (χ0n) is 21.5. The minimum Gasteiger partial charge on any atom is -0.489 e. The zero-order valence-corrected chi connectivity index (χ0v) is 22.2. The van der Waals surface area contributed by atoms with Crippen LogP contribution in [0.4, 0.5) is 4.79 Å². The molecule has 0 fully saturated rings. The topological polar surface area (TPSA) is 132 Å². The molecule has 9 nitrogen and oxygen atoms in total. The Morgan fingerprint density at radius 1 is 1.14 bits per heavy atom. The summed E-state index contributed by atoms with van der Waals surface area (Å²) >= 11 is 6.29. The monoisotopic (exact) mass is 527 g/mol. The maximum atomic E-state index is 12.9. The van der Waals surface area contributed by atoms with Gasteiger partial charge < -0.3 is 30.8 Å². The van der Waals surface area contributed by atoms with Crippen LogP contribution in [-0.2, 0) is 13.5 Å². The fourth-order valence-electron chi connectivity index (χ4n) is 4.04. The van der Waals surface area contributed by atoms with Crippen LogP contribution in [-0.4, -0.2) is 45.3 Å². The van der Waals surface area contributed by atoms with Crippen LogP contribution in [0.2, 0.25) is 5.02 Å². The first-order valence-corrected chi connectivity index (χ1v) is 12.5. The summed E-state index contributed by atoms with van der Waals surface area (Å²) in [6.07, 6.45) is 2.81. The molecule has 0 bridgehead atoms. The molecule has 2 atom stereocenters. The number of ether oxygens (including phenoxy) is 1. The molecule has 3 rings (SSSR count). The number of hydrogen-bond acceptors (Lipinski definition) is 5. The van der Waals surface area contributed by atoms with Crippen LogP contribution in [0, 0.1) is 0 Å². The second kappa shape index (κ2) is 12.6. The van der Waals surface area contributed by atoms with Gasteiger partial charge >= 0.3 is 6.03 Å². The number of urea groups is 1. The number of aryl methyl sites for hydroxylation is 1. The number of aromatic nitrogens is 2. The third-order valence-corrected chi connectivity index (χ3v) is 6.06. The summed E-state index contributed by atoms with van der Waals surface area (Å²) in [5.74, 6) is 0.944. The number of carbonyl (C=O) groups is 2. The van der Waals surface area contributed by atoms with Crippen molar-refractivity contribution in [2.75, 3.05) is 6.61 Å². The molecular formula is C27H34ClN5O4. The van der Waals surface area contributed by atoms with Crippen molar-refractivity contribution < 1.29 is 19.4 Å². The Balaban J connectivity index is 1.68. The molecule has 3 amide bonds. The number of nitrogens with two attached hydrogens (primary N) is 1. The highest BCUT2D eigenvalue weighted by atomic mass is 35.5. The van der Waals surface area contributed by atoms with Gasteiger partial charge in [-0.15, -0.1) is 0 Å². The standard InChI is InChI=1S/C27H34ClN5O4/c1-16(2)37-24-10-9-20(14-22(24)28)26(35)31-21(11-12-34)13-18-5-7-19(8-6-18)23-15-33(4)25(32-23)17(3)30-27(29)36/h5-10,14-17,21,34H,11-13H2,1-4H3,(H,31,35)(H3,29,30,36). The maximum Gasteiger partial charge on any atom is 0.312 e. The van der Waals surface area contributed by atoms with Gasteiger partial charge in [0, 0.05) is 37.0 Å². The van der Waals surface area contributed by atoms with Crippen molar-refractivity contribution in [2.45, 2.75) is 51.8 Å². The Kier molecular flexibility index (Phi) is 9.54. The zero-order chi connectivity index (χ0) is 27.1. The van der Waals surface area contributed by atoms with Gasteiger partial charge in [-0.25, -0.2) is 9.78 Å². The van der Waals surface area contributed by atoms with Crippen molar-refractivity contribution in [1.29, 1.82) is 0 Å². The largest absolute Gasteiger partial charge is 0.489 e. The average molecular weight is 528 g/mol. The van der Waals surface area contributed by atoms with Gasteiger partial charge in [-0.05, 0) is 57.4 Å². The molecule has 1 aromatic heterocycles. The highest BCUT2D eigenvalue weighted by Gasteiger charge is 2.18. The quantitative estimate of drug-likeness (QED) is 0.299. The van der Waals surface area contributed by atoms with E-state index in [-0.39, 0.29) is 30.7 Å². The van der Waals surface area contributed by atoms with E-state index >= 15 is 0 Å². The number of nitrogens with zero attached hydrogens (tertiary/aromatic N) is 2. The van der Waals surface area contributed by atoms with Crippen LogP contribution < -0.4 is 21.1 Å². The highest BCUT2D eigenvalue weighted by molar-refractivity contribution is 6.32. The number of benzene rings is 2. The van der Waals surface area contributed by atoms with Gasteiger partial charge in [0.1, 0.15) is 11.6 Å². The first-order valence-electron chi connectivity index (χ1n) is 12.1. The van der Waals surface area contributed by atoms with Crippen molar-refractivity contribution >= 4 is 23.5 Å². The highest BCUT2D eigenvalue weighted by Crippen LogP contribution is 2.27. The number of aliphatic hydroxyl groups is 1. The molecule has 0 radical (unpaired) electrons. The van der Waals surface area contributed by atoms with Crippen LogP contribution in [0.5, 0.6) is 5.75 Å². The number of imidazole rings is 1. The molecule has 37 heavy (non-hydrogen) atoms. The number of primary amides is 1. The van der Waals surface area contributed by atoms with Crippen molar-refractivity contribution in [3.8, 4) is 17.0 Å². The molecule has 1 heterocycles. The Morgan fingerprint density at radius 2 is 1.84 bits per heavy atom. The Morgan fingerprint density at radius 3 is 2.43 bits per heavy atom. The minimum absolute atomic E-state index is 0.0281. The average Bonchev–Trinajstić information content (AvgIpc) is 3.22. The third kappa shape index (κ3) is 7.71. The number of amides is 3. The smallest absolute Gasteiger partial charge is 0.312 e. The molecule has 198 valence electrons. The van der Waals surface area contributed by atoms with E-state index < -0.39 is 6.03 Å². The van der Waals surface area contributed by atoms with E-state index in [1.165, 1.54) is 0 Å². The predicted molar refractivity (Wildman–Crippen MR) is 144 cm³/mol. The molecule has 10 heteroatoms. The van der Waals surface area contributed by atoms with Gasteiger partial charge in [-0.1, -0.05) is 35.9 Å². The van der Waals surface area contributed by atoms with Crippen molar-refractivity contribution in [3.05, 3.63) is 70.6 Å². The molecule has 2 aromatic carbocycles. The first kappa shape index (κ1) is 28.0. The van der Waals surface area contributed by atoms with Crippen molar-refractivity contribution in [2.24, 2.45) is 12.8 Å².